The van der Waals surface area contributed by atoms with Crippen LogP contribution in [0.25, 0.3) is 11.5 Å². The third-order valence-electron chi connectivity index (χ3n) is 6.98. The lowest BCUT2D eigenvalue weighted by Crippen LogP contribution is -2.37. The zero-order valence-corrected chi connectivity index (χ0v) is 21.6. The molecule has 3 aromatic rings. The summed E-state index contributed by atoms with van der Waals surface area (Å²) in [5, 5.41) is 8.25. The van der Waals surface area contributed by atoms with Gasteiger partial charge in [-0.25, -0.2) is 22.5 Å². The Kier molecular flexibility index (Phi) is 6.52. The second-order valence-electron chi connectivity index (χ2n) is 9.65. The SMILES string of the molecule is CC(C)n1cnnc1-c1cccc(N2CCN(c3ccc(C4CCN(S(C)(=O)=O)CC4)cc3)C2=O)n1. The molecule has 190 valence electrons. The highest BCUT2D eigenvalue weighted by molar-refractivity contribution is 7.88. The number of hydrogen-bond acceptors (Lipinski definition) is 6. The summed E-state index contributed by atoms with van der Waals surface area (Å²) in [6.45, 7) is 6.32. The lowest BCUT2D eigenvalue weighted by molar-refractivity contribution is 0.255. The third-order valence-corrected chi connectivity index (χ3v) is 8.28. The Morgan fingerprint density at radius 1 is 0.944 bits per heavy atom. The molecule has 0 spiro atoms. The van der Waals surface area contributed by atoms with Crippen molar-refractivity contribution in [2.45, 2.75) is 38.6 Å². The molecule has 10 nitrogen and oxygen atoms in total. The largest absolute Gasteiger partial charge is 0.330 e. The fourth-order valence-electron chi connectivity index (χ4n) is 4.94. The van der Waals surface area contributed by atoms with E-state index in [4.69, 9.17) is 4.98 Å². The molecule has 36 heavy (non-hydrogen) atoms. The maximum Gasteiger partial charge on any atom is 0.330 e. The van der Waals surface area contributed by atoms with Crippen LogP contribution < -0.4 is 9.80 Å². The van der Waals surface area contributed by atoms with Crippen molar-refractivity contribution in [1.82, 2.24) is 24.1 Å². The smallest absolute Gasteiger partial charge is 0.310 e. The predicted octanol–water partition coefficient (Wildman–Crippen LogP) is 3.51. The summed E-state index contributed by atoms with van der Waals surface area (Å²) in [6, 6.07) is 13.8. The topological polar surface area (TPSA) is 105 Å². The van der Waals surface area contributed by atoms with E-state index in [2.05, 4.69) is 36.2 Å². The fourth-order valence-corrected chi connectivity index (χ4v) is 5.81. The van der Waals surface area contributed by atoms with E-state index in [1.54, 1.807) is 20.4 Å². The molecule has 11 heteroatoms. The lowest BCUT2D eigenvalue weighted by Gasteiger charge is -2.30. The third kappa shape index (κ3) is 4.72. The lowest BCUT2D eigenvalue weighted by atomic mass is 9.90. The van der Waals surface area contributed by atoms with Gasteiger partial charge in [-0.3, -0.25) is 9.80 Å². The van der Waals surface area contributed by atoms with E-state index in [0.717, 1.165) is 18.5 Å². The monoisotopic (exact) mass is 509 g/mol. The van der Waals surface area contributed by atoms with Crippen LogP contribution in [-0.4, -0.2) is 70.9 Å². The molecule has 1 aromatic carbocycles. The number of rotatable bonds is 6. The average molecular weight is 510 g/mol. The van der Waals surface area contributed by atoms with Gasteiger partial charge >= 0.3 is 6.03 Å². The highest BCUT2D eigenvalue weighted by Gasteiger charge is 2.32. The van der Waals surface area contributed by atoms with E-state index in [9.17, 15) is 13.2 Å². The van der Waals surface area contributed by atoms with Gasteiger partial charge in [-0.05, 0) is 62.4 Å². The van der Waals surface area contributed by atoms with Crippen molar-refractivity contribution < 1.29 is 13.2 Å². The molecular weight excluding hydrogens is 478 g/mol. The molecule has 0 radical (unpaired) electrons. The summed E-state index contributed by atoms with van der Waals surface area (Å²) in [4.78, 5) is 21.5. The number of urea groups is 1. The van der Waals surface area contributed by atoms with Gasteiger partial charge in [0.15, 0.2) is 5.82 Å². The van der Waals surface area contributed by atoms with E-state index in [1.807, 2.05) is 34.9 Å². The van der Waals surface area contributed by atoms with E-state index in [0.29, 0.717) is 49.4 Å². The number of anilines is 2. The summed E-state index contributed by atoms with van der Waals surface area (Å²) in [5.74, 6) is 1.59. The molecule has 2 aliphatic rings. The van der Waals surface area contributed by atoms with Crippen molar-refractivity contribution in [3.05, 3.63) is 54.4 Å². The van der Waals surface area contributed by atoms with Gasteiger partial charge in [0, 0.05) is 37.9 Å². The zero-order valence-electron chi connectivity index (χ0n) is 20.8. The van der Waals surface area contributed by atoms with Crippen molar-refractivity contribution in [2.24, 2.45) is 0 Å². The number of aromatic nitrogens is 4. The van der Waals surface area contributed by atoms with Crippen LogP contribution in [0.15, 0.2) is 48.8 Å². The van der Waals surface area contributed by atoms with Gasteiger partial charge in [0.1, 0.15) is 17.8 Å². The van der Waals surface area contributed by atoms with E-state index in [-0.39, 0.29) is 12.1 Å². The van der Waals surface area contributed by atoms with Crippen molar-refractivity contribution in [3.63, 3.8) is 0 Å². The number of carbonyl (C=O) groups excluding carboxylic acids is 1. The van der Waals surface area contributed by atoms with E-state index < -0.39 is 10.0 Å². The number of pyridine rings is 1. The molecular formula is C25H31N7O3S. The second-order valence-corrected chi connectivity index (χ2v) is 11.6. The van der Waals surface area contributed by atoms with Crippen LogP contribution in [0.4, 0.5) is 16.3 Å². The molecule has 4 heterocycles. The number of carbonyl (C=O) groups is 1. The van der Waals surface area contributed by atoms with Gasteiger partial charge in [-0.1, -0.05) is 18.2 Å². The summed E-state index contributed by atoms with van der Waals surface area (Å²) in [5.41, 5.74) is 2.70. The molecule has 0 saturated carbocycles. The van der Waals surface area contributed by atoms with E-state index in [1.165, 1.54) is 11.8 Å². The van der Waals surface area contributed by atoms with Gasteiger partial charge in [0.25, 0.3) is 0 Å². The summed E-state index contributed by atoms with van der Waals surface area (Å²) < 4.78 is 27.1. The summed E-state index contributed by atoms with van der Waals surface area (Å²) in [7, 11) is -3.13. The van der Waals surface area contributed by atoms with Crippen molar-refractivity contribution >= 4 is 27.6 Å². The van der Waals surface area contributed by atoms with Gasteiger partial charge < -0.3 is 4.57 Å². The van der Waals surface area contributed by atoms with Crippen LogP contribution in [0.1, 0.15) is 44.2 Å². The predicted molar refractivity (Wildman–Crippen MR) is 139 cm³/mol. The zero-order chi connectivity index (χ0) is 25.4. The molecule has 2 aromatic heterocycles. The molecule has 5 rings (SSSR count). The summed E-state index contributed by atoms with van der Waals surface area (Å²) in [6.07, 6.45) is 4.56. The van der Waals surface area contributed by atoms with Gasteiger partial charge in [-0.2, -0.15) is 0 Å². The highest BCUT2D eigenvalue weighted by atomic mass is 32.2. The Morgan fingerprint density at radius 3 is 2.31 bits per heavy atom. The normalized spacial score (nSPS) is 17.9. The first-order valence-electron chi connectivity index (χ1n) is 12.2. The fraction of sp³-hybridized carbons (Fsp3) is 0.440. The second kappa shape index (κ2) is 9.62. The van der Waals surface area contributed by atoms with Gasteiger partial charge in [0.2, 0.25) is 10.0 Å². The quantitative estimate of drug-likeness (QED) is 0.504. The van der Waals surface area contributed by atoms with Crippen molar-refractivity contribution in [2.75, 3.05) is 42.2 Å². The molecule has 0 N–H and O–H groups in total. The number of amides is 2. The minimum Gasteiger partial charge on any atom is -0.310 e. The molecule has 0 atom stereocenters. The number of piperidine rings is 1. The number of benzene rings is 1. The summed E-state index contributed by atoms with van der Waals surface area (Å²) >= 11 is 0. The minimum atomic E-state index is -3.13. The Balaban J connectivity index is 1.28. The van der Waals surface area contributed by atoms with Gasteiger partial charge in [-0.15, -0.1) is 10.2 Å². The molecule has 2 fully saturated rings. The van der Waals surface area contributed by atoms with Crippen LogP contribution in [0, 0.1) is 0 Å². The number of nitrogens with zero attached hydrogens (tertiary/aromatic N) is 7. The van der Waals surface area contributed by atoms with Crippen LogP contribution >= 0.6 is 0 Å². The van der Waals surface area contributed by atoms with Gasteiger partial charge in [0.05, 0.1) is 6.26 Å². The number of hydrogen-bond donors (Lipinski definition) is 0. The Bertz CT molecular complexity index is 1350. The van der Waals surface area contributed by atoms with Crippen molar-refractivity contribution in [3.8, 4) is 11.5 Å². The maximum absolute atomic E-state index is 13.3. The first kappa shape index (κ1) is 24.4. The van der Waals surface area contributed by atoms with Crippen LogP contribution in [0.5, 0.6) is 0 Å². The minimum absolute atomic E-state index is 0.112. The Labute approximate surface area is 211 Å². The highest BCUT2D eigenvalue weighted by Crippen LogP contribution is 2.32. The Morgan fingerprint density at radius 2 is 1.64 bits per heavy atom. The Hall–Kier alpha value is -3.31. The van der Waals surface area contributed by atoms with Crippen LogP contribution in [-0.2, 0) is 10.0 Å². The molecule has 2 saturated heterocycles. The molecule has 0 bridgehead atoms. The van der Waals surface area contributed by atoms with Crippen molar-refractivity contribution in [1.29, 1.82) is 0 Å². The standard InChI is InChI=1S/C25H31N7O3S/c1-18(2)32-17-26-28-24(32)22-5-4-6-23(27-22)31-16-15-30(25(31)33)21-9-7-19(8-10-21)20-11-13-29(14-12-20)36(3,34)35/h4-10,17-18,20H,11-16H2,1-3H3. The van der Waals surface area contributed by atoms with Crippen LogP contribution in [0.2, 0.25) is 0 Å². The maximum atomic E-state index is 13.3. The van der Waals surface area contributed by atoms with Crippen LogP contribution in [0.3, 0.4) is 0 Å². The molecule has 2 amide bonds. The average Bonchev–Trinajstić information content (AvgIpc) is 3.51. The first-order valence-corrected chi connectivity index (χ1v) is 14.1. The first-order chi connectivity index (χ1) is 17.2. The van der Waals surface area contributed by atoms with E-state index >= 15 is 0 Å². The molecule has 0 aliphatic carbocycles. The molecule has 0 unspecified atom stereocenters. The molecule has 2 aliphatic heterocycles. The number of sulfonamides is 1.